The van der Waals surface area contributed by atoms with Gasteiger partial charge in [0.15, 0.2) is 0 Å². The molecule has 0 saturated heterocycles. The summed E-state index contributed by atoms with van der Waals surface area (Å²) < 4.78 is 5.55. The van der Waals surface area contributed by atoms with Crippen LogP contribution in [-0.4, -0.2) is 11.6 Å². The third-order valence-corrected chi connectivity index (χ3v) is 2.32. The minimum atomic E-state index is 0.599. The molecule has 1 aromatic rings. The van der Waals surface area contributed by atoms with Crippen LogP contribution in [0, 0.1) is 5.92 Å². The molecule has 0 N–H and O–H groups in total. The van der Waals surface area contributed by atoms with Crippen molar-refractivity contribution in [1.82, 2.24) is 4.98 Å². The molecule has 1 aliphatic heterocycles. The first-order valence-electron chi connectivity index (χ1n) is 4.26. The van der Waals surface area contributed by atoms with Gasteiger partial charge in [-0.1, -0.05) is 12.7 Å². The summed E-state index contributed by atoms with van der Waals surface area (Å²) in [5.41, 5.74) is 4.20. The molecular weight excluding hydrogens is 150 g/mol. The van der Waals surface area contributed by atoms with Crippen molar-refractivity contribution in [2.24, 2.45) is 5.92 Å². The monoisotopic (exact) mass is 159 g/mol. The Hall–Kier alpha value is -1.27. The largest absolute Gasteiger partial charge is 0.491 e. The average molecular weight is 159 g/mol. The molecule has 0 radical (unpaired) electrons. The number of hydrogen-bond donors (Lipinski definition) is 0. The van der Waals surface area contributed by atoms with E-state index in [-0.39, 0.29) is 0 Å². The van der Waals surface area contributed by atoms with E-state index in [1.165, 1.54) is 0 Å². The molecule has 0 fully saturated rings. The van der Waals surface area contributed by atoms with Gasteiger partial charge in [-0.25, -0.2) is 4.98 Å². The van der Waals surface area contributed by atoms with Crippen molar-refractivity contribution in [2.45, 2.75) is 13.3 Å². The highest BCUT2D eigenvalue weighted by atomic mass is 16.5. The molecule has 0 spiro atoms. The molecular formula is C10H9NO. The van der Waals surface area contributed by atoms with Gasteiger partial charge in [0.25, 0.3) is 0 Å². The Morgan fingerprint density at radius 3 is 3.50 bits per heavy atom. The minimum Gasteiger partial charge on any atom is -0.491 e. The molecule has 1 aromatic heterocycles. The molecule has 0 saturated carbocycles. The van der Waals surface area contributed by atoms with E-state index in [0.717, 1.165) is 35.0 Å². The summed E-state index contributed by atoms with van der Waals surface area (Å²) in [5.74, 6) is 1.57. The maximum Gasteiger partial charge on any atom is 0.142 e. The van der Waals surface area contributed by atoms with Crippen LogP contribution >= 0.6 is 0 Å². The van der Waals surface area contributed by atoms with Crippen LogP contribution in [0.5, 0.6) is 5.75 Å². The number of ether oxygens (including phenoxy) is 1. The summed E-state index contributed by atoms with van der Waals surface area (Å²) in [6, 6.07) is 2.05. The highest BCUT2D eigenvalue weighted by Crippen LogP contribution is 2.22. The van der Waals surface area contributed by atoms with Gasteiger partial charge in [0.2, 0.25) is 0 Å². The Labute approximate surface area is 70.2 Å². The van der Waals surface area contributed by atoms with Gasteiger partial charge >= 0.3 is 0 Å². The van der Waals surface area contributed by atoms with Gasteiger partial charge in [-0.2, -0.15) is 0 Å². The molecule has 3 rings (SSSR count). The van der Waals surface area contributed by atoms with Crippen LogP contribution in [0.25, 0.3) is 5.73 Å². The minimum absolute atomic E-state index is 0.599. The molecule has 2 heterocycles. The molecule has 1 atom stereocenters. The molecule has 12 heavy (non-hydrogen) atoms. The summed E-state index contributed by atoms with van der Waals surface area (Å²) in [6.45, 7) is 3.01. The summed E-state index contributed by atoms with van der Waals surface area (Å²) in [5, 5.41) is 2.16. The lowest BCUT2D eigenvalue weighted by Crippen LogP contribution is -2.24. The molecule has 60 valence electrons. The quantitative estimate of drug-likeness (QED) is 0.527. The van der Waals surface area contributed by atoms with Crippen LogP contribution in [0.4, 0.5) is 0 Å². The molecule has 2 heteroatoms. The second-order valence-corrected chi connectivity index (χ2v) is 3.57. The lowest BCUT2D eigenvalue weighted by atomic mass is 10.0. The van der Waals surface area contributed by atoms with Crippen molar-refractivity contribution in [3.8, 4) is 5.75 Å². The topological polar surface area (TPSA) is 22.1 Å². The maximum atomic E-state index is 5.55. The summed E-state index contributed by atoms with van der Waals surface area (Å²) in [6.07, 6.45) is 1.05. The van der Waals surface area contributed by atoms with E-state index >= 15 is 0 Å². The van der Waals surface area contributed by atoms with E-state index in [1.54, 1.807) is 0 Å². The Morgan fingerprint density at radius 2 is 2.58 bits per heavy atom. The van der Waals surface area contributed by atoms with Crippen molar-refractivity contribution in [2.75, 3.05) is 6.61 Å². The fourth-order valence-electron chi connectivity index (χ4n) is 1.59. The van der Waals surface area contributed by atoms with E-state index in [4.69, 9.17) is 4.74 Å². The lowest BCUT2D eigenvalue weighted by molar-refractivity contribution is 0.230. The highest BCUT2D eigenvalue weighted by molar-refractivity contribution is 5.41. The van der Waals surface area contributed by atoms with E-state index in [9.17, 15) is 0 Å². The average Bonchev–Trinajstić information content (AvgIpc) is 2.77. The zero-order chi connectivity index (χ0) is 8.13. The molecule has 0 bridgehead atoms. The Morgan fingerprint density at radius 1 is 1.67 bits per heavy atom. The summed E-state index contributed by atoms with van der Waals surface area (Å²) >= 11 is 0. The Bertz CT molecular complexity index is 471. The maximum absolute atomic E-state index is 5.55. The van der Waals surface area contributed by atoms with Crippen molar-refractivity contribution in [3.63, 3.8) is 0 Å². The van der Waals surface area contributed by atoms with Gasteiger partial charge in [0.05, 0.1) is 17.5 Å². The summed E-state index contributed by atoms with van der Waals surface area (Å²) in [7, 11) is 0. The van der Waals surface area contributed by atoms with E-state index in [0.29, 0.717) is 5.92 Å². The number of aromatic nitrogens is 1. The number of nitrogens with zero attached hydrogens (tertiary/aromatic N) is 1. The van der Waals surface area contributed by atoms with Crippen molar-refractivity contribution in [1.29, 1.82) is 0 Å². The van der Waals surface area contributed by atoms with Crippen LogP contribution in [0.3, 0.4) is 0 Å². The van der Waals surface area contributed by atoms with Crippen molar-refractivity contribution >= 4 is 5.73 Å². The smallest absolute Gasteiger partial charge is 0.142 e. The van der Waals surface area contributed by atoms with E-state index in [2.05, 4.69) is 17.6 Å². The van der Waals surface area contributed by atoms with Gasteiger partial charge in [-0.15, -0.1) is 0 Å². The number of fused-ring (bicyclic) bond motifs is 2. The van der Waals surface area contributed by atoms with Gasteiger partial charge in [-0.05, 0) is 18.4 Å². The molecule has 1 unspecified atom stereocenters. The molecule has 2 nitrogen and oxygen atoms in total. The second-order valence-electron chi connectivity index (χ2n) is 3.57. The normalized spacial score (nSPS) is 22.6. The summed E-state index contributed by atoms with van der Waals surface area (Å²) in [4.78, 5) is 4.42. The van der Waals surface area contributed by atoms with E-state index < -0.39 is 0 Å². The molecule has 0 amide bonds. The van der Waals surface area contributed by atoms with Crippen molar-refractivity contribution < 1.29 is 4.74 Å². The predicted molar refractivity (Wildman–Crippen MR) is 44.4 cm³/mol. The molecule has 1 aliphatic carbocycles. The second kappa shape index (κ2) is 1.90. The highest BCUT2D eigenvalue weighted by Gasteiger charge is 2.18. The lowest BCUT2D eigenvalue weighted by Gasteiger charge is -2.20. The zero-order valence-electron chi connectivity index (χ0n) is 6.92. The zero-order valence-corrected chi connectivity index (χ0v) is 6.92. The van der Waals surface area contributed by atoms with Gasteiger partial charge in [-0.3, -0.25) is 0 Å². The third kappa shape index (κ3) is 0.788. The Kier molecular flexibility index (Phi) is 0.995. The van der Waals surface area contributed by atoms with Gasteiger partial charge in [0, 0.05) is 0 Å². The van der Waals surface area contributed by atoms with Gasteiger partial charge < -0.3 is 4.74 Å². The third-order valence-electron chi connectivity index (χ3n) is 2.32. The SMILES string of the molecule is CC1COc2cc3c(nc2C1)=C=3. The first-order chi connectivity index (χ1) is 5.83. The van der Waals surface area contributed by atoms with Crippen LogP contribution in [0.2, 0.25) is 0 Å². The fourth-order valence-corrected chi connectivity index (χ4v) is 1.59. The standard InChI is InChI=1S/C10H9NO/c1-6-2-9-10(12-5-6)4-7-3-8(7)11-9/h4,6H,2,5H2,1H3. The number of hydrogen-bond acceptors (Lipinski definition) is 2. The van der Waals surface area contributed by atoms with Crippen LogP contribution in [0.15, 0.2) is 6.07 Å². The van der Waals surface area contributed by atoms with Crippen LogP contribution in [-0.2, 0) is 6.42 Å². The van der Waals surface area contributed by atoms with Crippen LogP contribution in [0.1, 0.15) is 12.6 Å². The first kappa shape index (κ1) is 6.27. The Balaban J connectivity index is 2.15. The predicted octanol–water partition coefficient (Wildman–Crippen LogP) is -0.283. The fraction of sp³-hybridized carbons (Fsp3) is 0.400. The van der Waals surface area contributed by atoms with Gasteiger partial charge in [0.1, 0.15) is 11.1 Å². The van der Waals surface area contributed by atoms with Crippen molar-refractivity contribution in [3.05, 3.63) is 22.3 Å². The number of pyridine rings is 1. The van der Waals surface area contributed by atoms with Crippen LogP contribution < -0.4 is 15.3 Å². The number of rotatable bonds is 0. The first-order valence-corrected chi connectivity index (χ1v) is 4.26. The molecule has 0 aromatic carbocycles. The van der Waals surface area contributed by atoms with E-state index in [1.807, 2.05) is 6.07 Å². The molecule has 2 aliphatic rings.